The Morgan fingerprint density at radius 3 is 2.44 bits per heavy atom. The van der Waals surface area contributed by atoms with Crippen molar-refractivity contribution >= 4 is 26.7 Å². The Morgan fingerprint density at radius 2 is 1.65 bits per heavy atom. The van der Waals surface area contributed by atoms with Crippen LogP contribution in [0.1, 0.15) is 41.6 Å². The molecule has 1 fully saturated rings. The van der Waals surface area contributed by atoms with E-state index in [1.165, 1.54) is 0 Å². The zero-order chi connectivity index (χ0) is 29.8. The second kappa shape index (κ2) is 12.9. The highest BCUT2D eigenvalue weighted by molar-refractivity contribution is 7.89. The number of sulfonamides is 1. The summed E-state index contributed by atoms with van der Waals surface area (Å²) in [5.41, 5.74) is 2.83. The average molecular weight is 599 g/mol. The quantitative estimate of drug-likeness (QED) is 0.292. The topological polar surface area (TPSA) is 91.0 Å². The standard InChI is InChI=1S/C34H38N4O4S/c1-37-17-19-38(20-18-37)24-28-12-7-13-30-31(16-21-42-34(28)30)35-33(39)23-32(26-9-3-2-4-10-26)36-43(40,41)29-15-14-25-8-5-6-11-27(25)22-29/h2-15,22,31-32,36H,16-21,23-24H2,1H3,(H,35,39). The lowest BCUT2D eigenvalue weighted by Crippen LogP contribution is -2.44. The third kappa shape index (κ3) is 6.91. The molecule has 0 aromatic heterocycles. The highest BCUT2D eigenvalue weighted by atomic mass is 32.2. The molecule has 0 spiro atoms. The Kier molecular flexibility index (Phi) is 8.76. The third-order valence-corrected chi connectivity index (χ3v) is 9.87. The van der Waals surface area contributed by atoms with Gasteiger partial charge >= 0.3 is 0 Å². The van der Waals surface area contributed by atoms with Gasteiger partial charge in [0.1, 0.15) is 5.75 Å². The van der Waals surface area contributed by atoms with E-state index in [0.717, 1.165) is 65.9 Å². The molecule has 9 heteroatoms. The van der Waals surface area contributed by atoms with Crippen LogP contribution in [0.4, 0.5) is 0 Å². The van der Waals surface area contributed by atoms with Crippen molar-refractivity contribution in [1.29, 1.82) is 0 Å². The number of amides is 1. The fourth-order valence-electron chi connectivity index (χ4n) is 5.95. The first-order valence-corrected chi connectivity index (χ1v) is 16.3. The minimum Gasteiger partial charge on any atom is -0.493 e. The Morgan fingerprint density at radius 1 is 0.907 bits per heavy atom. The van der Waals surface area contributed by atoms with Gasteiger partial charge in [0.2, 0.25) is 15.9 Å². The van der Waals surface area contributed by atoms with Crippen molar-refractivity contribution in [2.75, 3.05) is 39.8 Å². The maximum Gasteiger partial charge on any atom is 0.241 e. The number of nitrogens with zero attached hydrogens (tertiary/aromatic N) is 2. The fourth-order valence-corrected chi connectivity index (χ4v) is 7.21. The summed E-state index contributed by atoms with van der Waals surface area (Å²) in [5, 5.41) is 4.99. The second-order valence-electron chi connectivity index (χ2n) is 11.5. The number of piperazine rings is 1. The van der Waals surface area contributed by atoms with E-state index in [9.17, 15) is 13.2 Å². The van der Waals surface area contributed by atoms with Crippen LogP contribution in [0.25, 0.3) is 10.8 Å². The number of hydrogen-bond donors (Lipinski definition) is 2. The van der Waals surface area contributed by atoms with Gasteiger partial charge in [-0.15, -0.1) is 0 Å². The van der Waals surface area contributed by atoms with Crippen LogP contribution in [0.5, 0.6) is 5.75 Å². The number of nitrogens with one attached hydrogen (secondary N) is 2. The summed E-state index contributed by atoms with van der Waals surface area (Å²) in [7, 11) is -1.76. The first-order chi connectivity index (χ1) is 20.9. The lowest BCUT2D eigenvalue weighted by molar-refractivity contribution is -0.122. The van der Waals surface area contributed by atoms with E-state index in [4.69, 9.17) is 4.74 Å². The molecule has 0 radical (unpaired) electrons. The van der Waals surface area contributed by atoms with E-state index in [2.05, 4.69) is 33.0 Å². The largest absolute Gasteiger partial charge is 0.493 e. The molecule has 4 aromatic carbocycles. The molecule has 4 aromatic rings. The molecule has 0 aliphatic carbocycles. The molecular formula is C34H38N4O4S. The molecule has 6 rings (SSSR count). The molecule has 2 heterocycles. The molecule has 43 heavy (non-hydrogen) atoms. The molecule has 2 aliphatic rings. The van der Waals surface area contributed by atoms with Gasteiger partial charge in [-0.1, -0.05) is 78.9 Å². The van der Waals surface area contributed by atoms with E-state index in [1.54, 1.807) is 18.2 Å². The number of fused-ring (bicyclic) bond motifs is 2. The van der Waals surface area contributed by atoms with Gasteiger partial charge in [0.05, 0.1) is 23.6 Å². The summed E-state index contributed by atoms with van der Waals surface area (Å²) >= 11 is 0. The van der Waals surface area contributed by atoms with Crippen LogP contribution >= 0.6 is 0 Å². The second-order valence-corrected chi connectivity index (χ2v) is 13.2. The minimum atomic E-state index is -3.91. The fraction of sp³-hybridized carbons (Fsp3) is 0.324. The summed E-state index contributed by atoms with van der Waals surface area (Å²) in [5.74, 6) is 0.631. The third-order valence-electron chi connectivity index (χ3n) is 8.40. The number of carbonyl (C=O) groups excluding carboxylic acids is 1. The lowest BCUT2D eigenvalue weighted by atomic mass is 9.96. The normalized spacial score (nSPS) is 18.5. The maximum absolute atomic E-state index is 13.5. The van der Waals surface area contributed by atoms with Crippen LogP contribution < -0.4 is 14.8 Å². The van der Waals surface area contributed by atoms with Crippen molar-refractivity contribution < 1.29 is 17.9 Å². The molecule has 1 saturated heterocycles. The minimum absolute atomic E-state index is 0.0372. The van der Waals surface area contributed by atoms with Crippen molar-refractivity contribution in [2.45, 2.75) is 36.4 Å². The van der Waals surface area contributed by atoms with E-state index < -0.39 is 16.1 Å². The van der Waals surface area contributed by atoms with Gasteiger partial charge in [-0.3, -0.25) is 9.69 Å². The molecule has 1 amide bonds. The molecule has 224 valence electrons. The Balaban J connectivity index is 1.18. The van der Waals surface area contributed by atoms with E-state index in [-0.39, 0.29) is 23.3 Å². The SMILES string of the molecule is CN1CCN(Cc2cccc3c2OCCC3NC(=O)CC(NS(=O)(=O)c2ccc3ccccc3c2)c2ccccc2)CC1. The Hall–Kier alpha value is -3.76. The van der Waals surface area contributed by atoms with Gasteiger partial charge in [0, 0.05) is 56.7 Å². The van der Waals surface area contributed by atoms with Crippen LogP contribution in [0.2, 0.25) is 0 Å². The smallest absolute Gasteiger partial charge is 0.241 e. The van der Waals surface area contributed by atoms with Gasteiger partial charge in [-0.2, -0.15) is 0 Å². The first kappa shape index (κ1) is 29.3. The molecule has 2 atom stereocenters. The van der Waals surface area contributed by atoms with E-state index in [0.29, 0.717) is 13.0 Å². The lowest BCUT2D eigenvalue weighted by Gasteiger charge is -2.34. The van der Waals surface area contributed by atoms with Gasteiger partial charge in [0.15, 0.2) is 0 Å². The number of likely N-dealkylation sites (N-methyl/N-ethyl adjacent to an activating group) is 1. The summed E-state index contributed by atoms with van der Waals surface area (Å²) in [4.78, 5) is 18.5. The van der Waals surface area contributed by atoms with Crippen molar-refractivity contribution in [3.63, 3.8) is 0 Å². The van der Waals surface area contributed by atoms with E-state index in [1.807, 2.05) is 66.7 Å². The molecule has 2 aliphatic heterocycles. The molecule has 8 nitrogen and oxygen atoms in total. The van der Waals surface area contributed by atoms with Gasteiger partial charge in [-0.05, 0) is 35.5 Å². The van der Waals surface area contributed by atoms with Crippen molar-refractivity contribution in [1.82, 2.24) is 19.8 Å². The van der Waals surface area contributed by atoms with Crippen LogP contribution in [0.15, 0.2) is 95.9 Å². The van der Waals surface area contributed by atoms with Crippen LogP contribution in [-0.4, -0.2) is 64.0 Å². The van der Waals surface area contributed by atoms with Gasteiger partial charge in [0.25, 0.3) is 0 Å². The summed E-state index contributed by atoms with van der Waals surface area (Å²) in [6.45, 7) is 5.43. The van der Waals surface area contributed by atoms with Gasteiger partial charge < -0.3 is 15.0 Å². The molecule has 0 bridgehead atoms. The molecule has 2 unspecified atom stereocenters. The number of para-hydroxylation sites is 1. The van der Waals surface area contributed by atoms with Gasteiger partial charge in [-0.25, -0.2) is 13.1 Å². The number of rotatable bonds is 9. The molecule has 0 saturated carbocycles. The van der Waals surface area contributed by atoms with E-state index >= 15 is 0 Å². The highest BCUT2D eigenvalue weighted by Crippen LogP contribution is 2.36. The average Bonchev–Trinajstić information content (AvgIpc) is 3.02. The predicted octanol–water partition coefficient (Wildman–Crippen LogP) is 4.64. The van der Waals surface area contributed by atoms with Crippen LogP contribution in [-0.2, 0) is 21.4 Å². The summed E-state index contributed by atoms with van der Waals surface area (Å²) in [6.07, 6.45) is 0.611. The Labute approximate surface area is 253 Å². The monoisotopic (exact) mass is 598 g/mol. The van der Waals surface area contributed by atoms with Crippen LogP contribution in [0.3, 0.4) is 0 Å². The summed E-state index contributed by atoms with van der Waals surface area (Å²) in [6, 6.07) is 27.2. The maximum atomic E-state index is 13.5. The number of ether oxygens (including phenoxy) is 1. The van der Waals surface area contributed by atoms with Crippen LogP contribution in [0, 0.1) is 0 Å². The number of carbonyl (C=O) groups is 1. The predicted molar refractivity (Wildman–Crippen MR) is 168 cm³/mol. The highest BCUT2D eigenvalue weighted by Gasteiger charge is 2.29. The van der Waals surface area contributed by atoms with Crippen molar-refractivity contribution in [2.24, 2.45) is 0 Å². The molecular weight excluding hydrogens is 560 g/mol. The van der Waals surface area contributed by atoms with Crippen molar-refractivity contribution in [3.8, 4) is 5.75 Å². The molecule has 2 N–H and O–H groups in total. The first-order valence-electron chi connectivity index (χ1n) is 14.9. The Bertz CT molecular complexity index is 1690. The zero-order valence-electron chi connectivity index (χ0n) is 24.4. The number of benzene rings is 4. The summed E-state index contributed by atoms with van der Waals surface area (Å²) < 4.78 is 36.1. The van der Waals surface area contributed by atoms with Crippen molar-refractivity contribution in [3.05, 3.63) is 108 Å². The number of hydrogen-bond acceptors (Lipinski definition) is 6. The zero-order valence-corrected chi connectivity index (χ0v) is 25.2.